The number of carbonyl (C=O) groups excluding carboxylic acids is 1. The van der Waals surface area contributed by atoms with Crippen molar-refractivity contribution < 1.29 is 14.8 Å². The Bertz CT molecular complexity index is 733. The van der Waals surface area contributed by atoms with E-state index in [0.717, 1.165) is 11.3 Å². The average molecular weight is 329 g/mol. The third kappa shape index (κ3) is 4.53. The first-order valence-electron chi connectivity index (χ1n) is 7.51. The van der Waals surface area contributed by atoms with Gasteiger partial charge >= 0.3 is 0 Å². The van der Waals surface area contributed by atoms with Crippen LogP contribution in [0.1, 0.15) is 28.9 Å². The van der Waals surface area contributed by atoms with Crippen molar-refractivity contribution in [3.8, 4) is 0 Å². The minimum Gasteiger partial charge on any atom is -0.395 e. The summed E-state index contributed by atoms with van der Waals surface area (Å²) in [5.41, 5.74) is 2.02. The summed E-state index contributed by atoms with van der Waals surface area (Å²) < 4.78 is 0. The van der Waals surface area contributed by atoms with Crippen LogP contribution < -0.4 is 10.6 Å². The molecule has 0 aliphatic carbocycles. The fourth-order valence-electron chi connectivity index (χ4n) is 2.26. The second-order valence-electron chi connectivity index (χ2n) is 5.28. The second-order valence-corrected chi connectivity index (χ2v) is 5.28. The number of aliphatic hydroxyl groups excluding tert-OH is 1. The van der Waals surface area contributed by atoms with Gasteiger partial charge < -0.3 is 15.7 Å². The minimum absolute atomic E-state index is 0.0401. The van der Waals surface area contributed by atoms with Crippen molar-refractivity contribution in [2.75, 3.05) is 18.5 Å². The highest BCUT2D eigenvalue weighted by Crippen LogP contribution is 2.23. The molecule has 0 saturated carbocycles. The largest absolute Gasteiger partial charge is 0.395 e. The fourth-order valence-corrected chi connectivity index (χ4v) is 2.26. The summed E-state index contributed by atoms with van der Waals surface area (Å²) in [5.74, 6) is -0.268. The molecule has 1 atom stereocenters. The number of nitro benzene ring substituents is 1. The van der Waals surface area contributed by atoms with Crippen LogP contribution in [0.2, 0.25) is 0 Å². The van der Waals surface area contributed by atoms with Crippen molar-refractivity contribution in [2.45, 2.75) is 13.0 Å². The van der Waals surface area contributed by atoms with Gasteiger partial charge in [-0.15, -0.1) is 0 Å². The molecule has 0 radical (unpaired) electrons. The van der Waals surface area contributed by atoms with Crippen LogP contribution in [0, 0.1) is 10.1 Å². The number of benzene rings is 2. The number of nitrogens with zero attached hydrogens (tertiary/aromatic N) is 1. The normalized spacial score (nSPS) is 11.6. The van der Waals surface area contributed by atoms with Crippen LogP contribution in [0.3, 0.4) is 0 Å². The molecular weight excluding hydrogens is 310 g/mol. The van der Waals surface area contributed by atoms with E-state index in [9.17, 15) is 14.9 Å². The molecule has 2 aromatic carbocycles. The number of rotatable bonds is 7. The Morgan fingerprint density at radius 2 is 2.00 bits per heavy atom. The topological polar surface area (TPSA) is 104 Å². The summed E-state index contributed by atoms with van der Waals surface area (Å²) in [7, 11) is 0. The molecule has 3 N–H and O–H groups in total. The van der Waals surface area contributed by atoms with Crippen molar-refractivity contribution in [3.63, 3.8) is 0 Å². The molecule has 126 valence electrons. The lowest BCUT2D eigenvalue weighted by Gasteiger charge is -2.16. The van der Waals surface area contributed by atoms with E-state index in [1.54, 1.807) is 24.3 Å². The molecule has 1 amide bonds. The Labute approximate surface area is 139 Å². The first kappa shape index (κ1) is 17.4. The number of non-ortho nitro benzene ring substituents is 1. The van der Waals surface area contributed by atoms with Crippen molar-refractivity contribution >= 4 is 17.3 Å². The lowest BCUT2D eigenvalue weighted by atomic mass is 10.1. The number of hydrogen-bond acceptors (Lipinski definition) is 5. The highest BCUT2D eigenvalue weighted by molar-refractivity contribution is 5.95. The molecule has 0 fully saturated rings. The van der Waals surface area contributed by atoms with Gasteiger partial charge in [0.1, 0.15) is 0 Å². The predicted molar refractivity (Wildman–Crippen MR) is 91.0 cm³/mol. The van der Waals surface area contributed by atoms with Gasteiger partial charge in [0.2, 0.25) is 0 Å². The molecule has 0 aliphatic heterocycles. The van der Waals surface area contributed by atoms with Crippen LogP contribution in [-0.4, -0.2) is 29.1 Å². The van der Waals surface area contributed by atoms with Crippen LogP contribution in [0.15, 0.2) is 48.5 Å². The van der Waals surface area contributed by atoms with E-state index in [1.807, 2.05) is 19.1 Å². The maximum atomic E-state index is 11.9. The zero-order chi connectivity index (χ0) is 17.5. The van der Waals surface area contributed by atoms with Gasteiger partial charge in [-0.3, -0.25) is 14.9 Å². The molecule has 0 heterocycles. The van der Waals surface area contributed by atoms with E-state index < -0.39 is 4.92 Å². The van der Waals surface area contributed by atoms with Crippen LogP contribution in [-0.2, 0) is 0 Å². The summed E-state index contributed by atoms with van der Waals surface area (Å²) >= 11 is 0. The summed E-state index contributed by atoms with van der Waals surface area (Å²) in [6.45, 7) is 1.96. The van der Waals surface area contributed by atoms with Gasteiger partial charge in [0.25, 0.3) is 11.6 Å². The molecule has 0 aliphatic rings. The molecule has 7 heteroatoms. The van der Waals surface area contributed by atoms with Gasteiger partial charge in [-0.2, -0.15) is 0 Å². The molecule has 0 saturated heterocycles. The SMILES string of the molecule is CC(Nc1cccc(C(=O)NCCO)c1)c1cccc([N+](=O)[O-])c1. The van der Waals surface area contributed by atoms with Crippen molar-refractivity contribution in [3.05, 3.63) is 69.8 Å². The van der Waals surface area contributed by atoms with Crippen LogP contribution in [0.4, 0.5) is 11.4 Å². The summed E-state index contributed by atoms with van der Waals surface area (Å²) in [6, 6.07) is 13.2. The van der Waals surface area contributed by atoms with Gasteiger partial charge in [-0.25, -0.2) is 0 Å². The minimum atomic E-state index is -0.428. The van der Waals surface area contributed by atoms with Crippen molar-refractivity contribution in [1.82, 2.24) is 5.32 Å². The van der Waals surface area contributed by atoms with E-state index in [0.29, 0.717) is 5.56 Å². The van der Waals surface area contributed by atoms with E-state index in [-0.39, 0.29) is 30.8 Å². The molecule has 2 rings (SSSR count). The monoisotopic (exact) mass is 329 g/mol. The molecule has 1 unspecified atom stereocenters. The van der Waals surface area contributed by atoms with Crippen LogP contribution in [0.25, 0.3) is 0 Å². The quantitative estimate of drug-likeness (QED) is 0.535. The van der Waals surface area contributed by atoms with Crippen LogP contribution >= 0.6 is 0 Å². The lowest BCUT2D eigenvalue weighted by Crippen LogP contribution is -2.26. The van der Waals surface area contributed by atoms with E-state index >= 15 is 0 Å². The number of carbonyl (C=O) groups is 1. The first-order valence-corrected chi connectivity index (χ1v) is 7.51. The molecule has 7 nitrogen and oxygen atoms in total. The Hall–Kier alpha value is -2.93. The molecule has 0 bridgehead atoms. The number of nitrogens with one attached hydrogen (secondary N) is 2. The van der Waals surface area contributed by atoms with Crippen LogP contribution in [0.5, 0.6) is 0 Å². The Balaban J connectivity index is 2.11. The molecule has 0 aromatic heterocycles. The van der Waals surface area contributed by atoms with E-state index in [1.165, 1.54) is 12.1 Å². The maximum absolute atomic E-state index is 11.9. The van der Waals surface area contributed by atoms with Gasteiger partial charge in [0.15, 0.2) is 0 Å². The maximum Gasteiger partial charge on any atom is 0.269 e. The molecule has 24 heavy (non-hydrogen) atoms. The zero-order valence-corrected chi connectivity index (χ0v) is 13.2. The van der Waals surface area contributed by atoms with Crippen molar-refractivity contribution in [2.24, 2.45) is 0 Å². The highest BCUT2D eigenvalue weighted by atomic mass is 16.6. The Morgan fingerprint density at radius 3 is 2.71 bits per heavy atom. The molecular formula is C17H19N3O4. The third-order valence-corrected chi connectivity index (χ3v) is 3.49. The zero-order valence-electron chi connectivity index (χ0n) is 13.2. The average Bonchev–Trinajstić information content (AvgIpc) is 2.60. The smallest absolute Gasteiger partial charge is 0.269 e. The van der Waals surface area contributed by atoms with Gasteiger partial charge in [-0.05, 0) is 30.7 Å². The summed E-state index contributed by atoms with van der Waals surface area (Å²) in [6.07, 6.45) is 0. The first-order chi connectivity index (χ1) is 11.5. The van der Waals surface area contributed by atoms with E-state index in [4.69, 9.17) is 5.11 Å². The highest BCUT2D eigenvalue weighted by Gasteiger charge is 2.12. The number of anilines is 1. The van der Waals surface area contributed by atoms with E-state index in [2.05, 4.69) is 10.6 Å². The third-order valence-electron chi connectivity index (χ3n) is 3.49. The number of nitro groups is 1. The second kappa shape index (κ2) is 8.07. The standard InChI is InChI=1S/C17H19N3O4/c1-12(13-4-3-7-16(11-13)20(23)24)19-15-6-2-5-14(10-15)17(22)18-8-9-21/h2-7,10-12,19,21H,8-9H2,1H3,(H,18,22). The number of hydrogen-bond donors (Lipinski definition) is 3. The predicted octanol–water partition coefficient (Wildman–Crippen LogP) is 2.49. The molecule has 0 spiro atoms. The lowest BCUT2D eigenvalue weighted by molar-refractivity contribution is -0.384. The number of aliphatic hydroxyl groups is 1. The summed E-state index contributed by atoms with van der Waals surface area (Å²) in [4.78, 5) is 22.3. The Kier molecular flexibility index (Phi) is 5.86. The fraction of sp³-hybridized carbons (Fsp3) is 0.235. The number of amides is 1. The van der Waals surface area contributed by atoms with Gasteiger partial charge in [0, 0.05) is 36.0 Å². The Morgan fingerprint density at radius 1 is 1.25 bits per heavy atom. The molecule has 2 aromatic rings. The van der Waals surface area contributed by atoms with Crippen molar-refractivity contribution in [1.29, 1.82) is 0 Å². The summed E-state index contributed by atoms with van der Waals surface area (Å²) in [5, 5.41) is 25.4. The van der Waals surface area contributed by atoms with Gasteiger partial charge in [-0.1, -0.05) is 18.2 Å². The van der Waals surface area contributed by atoms with Gasteiger partial charge in [0.05, 0.1) is 11.5 Å².